The van der Waals surface area contributed by atoms with Crippen molar-refractivity contribution in [3.05, 3.63) is 35.4 Å². The van der Waals surface area contributed by atoms with Gasteiger partial charge in [0, 0.05) is 37.7 Å². The molecule has 0 aromatic carbocycles. The minimum Gasteiger partial charge on any atom is -0.493 e. The predicted molar refractivity (Wildman–Crippen MR) is 109 cm³/mol. The van der Waals surface area contributed by atoms with E-state index >= 15 is 0 Å². The van der Waals surface area contributed by atoms with Gasteiger partial charge in [-0.1, -0.05) is 6.08 Å². The number of halogens is 2. The average molecular weight is 490 g/mol. The Morgan fingerprint density at radius 1 is 1.59 bits per heavy atom. The van der Waals surface area contributed by atoms with Crippen LogP contribution >= 0.6 is 22.6 Å². The molecule has 2 amide bonds. The van der Waals surface area contributed by atoms with Crippen LogP contribution in [0, 0.1) is 16.7 Å². The van der Waals surface area contributed by atoms with Gasteiger partial charge < -0.3 is 26.1 Å². The topological polar surface area (TPSA) is 103 Å². The van der Waals surface area contributed by atoms with Gasteiger partial charge in [0.1, 0.15) is 18.2 Å². The van der Waals surface area contributed by atoms with Crippen LogP contribution in [-0.4, -0.2) is 41.4 Å². The van der Waals surface area contributed by atoms with E-state index in [1.54, 1.807) is 34.7 Å². The van der Waals surface area contributed by atoms with Crippen molar-refractivity contribution in [2.24, 2.45) is 11.3 Å². The summed E-state index contributed by atoms with van der Waals surface area (Å²) in [5.74, 6) is 0.299. The largest absolute Gasteiger partial charge is 0.493 e. The Bertz CT molecular complexity index is 727. The zero-order valence-corrected chi connectivity index (χ0v) is 17.6. The van der Waals surface area contributed by atoms with E-state index in [1.807, 2.05) is 13.0 Å². The second kappa shape index (κ2) is 8.41. The number of nitrogens with one attached hydrogen (secondary N) is 4. The van der Waals surface area contributed by atoms with Crippen LogP contribution < -0.4 is 16.0 Å². The third kappa shape index (κ3) is 6.05. The van der Waals surface area contributed by atoms with Gasteiger partial charge in [-0.05, 0) is 48.6 Å². The van der Waals surface area contributed by atoms with E-state index in [0.29, 0.717) is 23.7 Å². The molecular weight excluding hydrogens is 466 g/mol. The summed E-state index contributed by atoms with van der Waals surface area (Å²) in [5, 5.41) is 16.0. The van der Waals surface area contributed by atoms with Gasteiger partial charge in [-0.3, -0.25) is 9.59 Å². The highest BCUT2D eigenvalue weighted by atomic mass is 127. The van der Waals surface area contributed by atoms with Crippen LogP contribution in [0.4, 0.5) is 4.39 Å². The van der Waals surface area contributed by atoms with E-state index in [-0.39, 0.29) is 30.9 Å². The van der Waals surface area contributed by atoms with E-state index in [1.165, 1.54) is 20.1 Å². The fraction of sp³-hybridized carbons (Fsp3) is 0.500. The lowest BCUT2D eigenvalue weighted by atomic mass is 9.89. The molecule has 2 aliphatic rings. The molecule has 0 fully saturated rings. The van der Waals surface area contributed by atoms with Crippen molar-refractivity contribution in [2.45, 2.75) is 24.4 Å². The quantitative estimate of drug-likeness (QED) is 0.225. The molecule has 0 radical (unpaired) electrons. The fourth-order valence-electron chi connectivity index (χ4n) is 2.64. The maximum absolute atomic E-state index is 13.6. The van der Waals surface area contributed by atoms with Crippen LogP contribution in [-0.2, 0) is 14.3 Å². The number of hydrogen-bond acceptors (Lipinski definition) is 5. The predicted octanol–water partition coefficient (Wildman–Crippen LogP) is 1.92. The van der Waals surface area contributed by atoms with Gasteiger partial charge in [0.05, 0.1) is 5.41 Å². The SMILES string of the molecule is CC(=O)NC1=CC(C(=O)NCC(C=N)C2(C)C=C2OC[C@](C)(F)I)=CCN1. The highest BCUT2D eigenvalue weighted by Gasteiger charge is 2.48. The van der Waals surface area contributed by atoms with Gasteiger partial charge in [0.15, 0.2) is 3.68 Å². The number of carbonyl (C=O) groups is 2. The molecule has 148 valence electrons. The molecule has 0 spiro atoms. The minimum absolute atomic E-state index is 0.0668. The molecule has 3 atom stereocenters. The van der Waals surface area contributed by atoms with Crippen molar-refractivity contribution in [2.75, 3.05) is 19.7 Å². The number of carbonyl (C=O) groups excluding carboxylic acids is 2. The summed E-state index contributed by atoms with van der Waals surface area (Å²) < 4.78 is 17.6. The summed E-state index contributed by atoms with van der Waals surface area (Å²) in [5.41, 5.74) is -0.0546. The Morgan fingerprint density at radius 3 is 2.89 bits per heavy atom. The lowest BCUT2D eigenvalue weighted by molar-refractivity contribution is -0.119. The Hall–Kier alpha value is -1.91. The summed E-state index contributed by atoms with van der Waals surface area (Å²) >= 11 is 1.67. The second-order valence-corrected chi connectivity index (χ2v) is 9.16. The Labute approximate surface area is 171 Å². The van der Waals surface area contributed by atoms with Crippen molar-refractivity contribution in [3.63, 3.8) is 0 Å². The van der Waals surface area contributed by atoms with Gasteiger partial charge in [0.25, 0.3) is 5.91 Å². The Kier molecular flexibility index (Phi) is 6.66. The highest BCUT2D eigenvalue weighted by Crippen LogP contribution is 2.50. The molecular formula is C18H24FIN4O3. The van der Waals surface area contributed by atoms with Crippen molar-refractivity contribution in [1.29, 1.82) is 5.41 Å². The van der Waals surface area contributed by atoms with E-state index in [2.05, 4.69) is 16.0 Å². The lowest BCUT2D eigenvalue weighted by Crippen LogP contribution is -2.37. The standard InChI is InChI=1S/C18H24FIN4O3/c1-11(25)24-15-6-12(4-5-22-15)16(26)23-9-13(8-21)17(2)7-14(17)27-10-18(3,19)20/h4,6-8,13,21-22H,5,9-10H2,1-3H3,(H,23,26)(H,24,25)/t13?,17?,18-/m1/s1. The molecule has 1 heterocycles. The molecule has 7 nitrogen and oxygen atoms in total. The maximum atomic E-state index is 13.6. The number of hydrogen-bond donors (Lipinski definition) is 4. The molecule has 2 unspecified atom stereocenters. The average Bonchev–Trinajstić information content (AvgIpc) is 3.23. The third-order valence-corrected chi connectivity index (χ3v) is 4.61. The lowest BCUT2D eigenvalue weighted by Gasteiger charge is -2.23. The van der Waals surface area contributed by atoms with Crippen LogP contribution in [0.5, 0.6) is 0 Å². The molecule has 0 saturated heterocycles. The Balaban J connectivity index is 1.88. The minimum atomic E-state index is -1.46. The molecule has 1 aliphatic heterocycles. The first-order valence-electron chi connectivity index (χ1n) is 8.51. The fourth-order valence-corrected chi connectivity index (χ4v) is 2.80. The van der Waals surface area contributed by atoms with Gasteiger partial charge in [-0.25, -0.2) is 4.39 Å². The highest BCUT2D eigenvalue weighted by molar-refractivity contribution is 14.1. The number of allylic oxidation sites excluding steroid dienone is 2. The van der Waals surface area contributed by atoms with Crippen LogP contribution in [0.25, 0.3) is 0 Å². The summed E-state index contributed by atoms with van der Waals surface area (Å²) in [6.45, 7) is 5.32. The summed E-state index contributed by atoms with van der Waals surface area (Å²) in [4.78, 5) is 23.5. The molecule has 0 aromatic rings. The summed E-state index contributed by atoms with van der Waals surface area (Å²) in [6.07, 6.45) is 6.39. The molecule has 4 N–H and O–H groups in total. The first kappa shape index (κ1) is 21.4. The van der Waals surface area contributed by atoms with Crippen molar-refractivity contribution < 1.29 is 18.7 Å². The van der Waals surface area contributed by atoms with Crippen molar-refractivity contribution >= 4 is 40.6 Å². The second-order valence-electron chi connectivity index (χ2n) is 6.91. The zero-order chi connectivity index (χ0) is 20.2. The van der Waals surface area contributed by atoms with E-state index < -0.39 is 9.09 Å². The molecule has 27 heavy (non-hydrogen) atoms. The molecule has 1 aliphatic carbocycles. The number of dihydropyridines is 1. The van der Waals surface area contributed by atoms with Crippen molar-refractivity contribution in [1.82, 2.24) is 16.0 Å². The van der Waals surface area contributed by atoms with Gasteiger partial charge in [-0.2, -0.15) is 0 Å². The monoisotopic (exact) mass is 490 g/mol. The van der Waals surface area contributed by atoms with Crippen molar-refractivity contribution in [3.8, 4) is 0 Å². The first-order valence-corrected chi connectivity index (χ1v) is 9.59. The van der Waals surface area contributed by atoms with Crippen LogP contribution in [0.15, 0.2) is 35.4 Å². The van der Waals surface area contributed by atoms with Crippen LogP contribution in [0.1, 0.15) is 20.8 Å². The normalized spacial score (nSPS) is 24.1. The number of alkyl halides is 2. The molecule has 0 bridgehead atoms. The molecule has 2 rings (SSSR count). The number of ether oxygens (including phenoxy) is 1. The molecule has 9 heteroatoms. The third-order valence-electron chi connectivity index (χ3n) is 4.30. The number of rotatable bonds is 9. The summed E-state index contributed by atoms with van der Waals surface area (Å²) in [6, 6.07) is 0. The van der Waals surface area contributed by atoms with Crippen LogP contribution in [0.3, 0.4) is 0 Å². The first-order chi connectivity index (χ1) is 12.5. The smallest absolute Gasteiger partial charge is 0.251 e. The molecule has 0 saturated carbocycles. The van der Waals surface area contributed by atoms with E-state index in [9.17, 15) is 14.0 Å². The number of amides is 2. The van der Waals surface area contributed by atoms with Gasteiger partial charge >= 0.3 is 0 Å². The molecule has 0 aromatic heterocycles. The van der Waals surface area contributed by atoms with Crippen LogP contribution in [0.2, 0.25) is 0 Å². The van der Waals surface area contributed by atoms with Gasteiger partial charge in [-0.15, -0.1) is 0 Å². The zero-order valence-electron chi connectivity index (χ0n) is 15.5. The maximum Gasteiger partial charge on any atom is 0.251 e. The van der Waals surface area contributed by atoms with E-state index in [0.717, 1.165) is 0 Å². The Morgan fingerprint density at radius 2 is 2.30 bits per heavy atom. The van der Waals surface area contributed by atoms with E-state index in [4.69, 9.17) is 10.1 Å². The van der Waals surface area contributed by atoms with Gasteiger partial charge in [0.2, 0.25) is 5.91 Å². The summed E-state index contributed by atoms with van der Waals surface area (Å²) in [7, 11) is 0.